The van der Waals surface area contributed by atoms with Gasteiger partial charge in [-0.3, -0.25) is 0 Å². The van der Waals surface area contributed by atoms with E-state index in [2.05, 4.69) is 31.2 Å². The first-order chi connectivity index (χ1) is 7.66. The molecule has 0 fully saturated rings. The average Bonchev–Trinajstić information content (AvgIpc) is 2.68. The van der Waals surface area contributed by atoms with Crippen molar-refractivity contribution in [2.45, 2.75) is 26.3 Å². The standard InChI is InChI=1S/C14H17NO/c1-10-3-5-12(6-4-10)9-13(15)14-11(2)7-8-16-14/h3-8,13H,9,15H2,1-2H3. The van der Waals surface area contributed by atoms with Crippen molar-refractivity contribution in [2.75, 3.05) is 0 Å². The first-order valence-corrected chi connectivity index (χ1v) is 5.52. The molecule has 1 heterocycles. The summed E-state index contributed by atoms with van der Waals surface area (Å²) in [5.41, 5.74) is 9.76. The smallest absolute Gasteiger partial charge is 0.123 e. The van der Waals surface area contributed by atoms with Gasteiger partial charge in [0.2, 0.25) is 0 Å². The van der Waals surface area contributed by atoms with Gasteiger partial charge in [0, 0.05) is 0 Å². The summed E-state index contributed by atoms with van der Waals surface area (Å²) in [6, 6.07) is 10.3. The molecule has 1 atom stereocenters. The molecule has 16 heavy (non-hydrogen) atoms. The third-order valence-electron chi connectivity index (χ3n) is 2.81. The fourth-order valence-electron chi connectivity index (χ4n) is 1.84. The molecule has 2 heteroatoms. The summed E-state index contributed by atoms with van der Waals surface area (Å²) in [6.07, 6.45) is 2.51. The molecule has 2 N–H and O–H groups in total. The van der Waals surface area contributed by atoms with Crippen LogP contribution in [0.5, 0.6) is 0 Å². The van der Waals surface area contributed by atoms with E-state index in [1.54, 1.807) is 6.26 Å². The molecule has 1 aromatic carbocycles. The highest BCUT2D eigenvalue weighted by atomic mass is 16.3. The van der Waals surface area contributed by atoms with Crippen LogP contribution < -0.4 is 5.73 Å². The normalized spacial score (nSPS) is 12.7. The van der Waals surface area contributed by atoms with Crippen molar-refractivity contribution in [1.29, 1.82) is 0 Å². The second-order valence-corrected chi connectivity index (χ2v) is 4.26. The van der Waals surface area contributed by atoms with Gasteiger partial charge in [-0.15, -0.1) is 0 Å². The molecule has 0 bridgehead atoms. The minimum atomic E-state index is -0.0577. The van der Waals surface area contributed by atoms with Crippen LogP contribution in [0.4, 0.5) is 0 Å². The Kier molecular flexibility index (Phi) is 3.11. The first kappa shape index (κ1) is 11.0. The van der Waals surface area contributed by atoms with Crippen molar-refractivity contribution in [3.63, 3.8) is 0 Å². The van der Waals surface area contributed by atoms with Crippen LogP contribution in [0.25, 0.3) is 0 Å². The Morgan fingerprint density at radius 1 is 1.12 bits per heavy atom. The molecule has 0 aliphatic rings. The van der Waals surface area contributed by atoms with Crippen LogP contribution in [0.15, 0.2) is 41.0 Å². The third kappa shape index (κ3) is 2.34. The summed E-state index contributed by atoms with van der Waals surface area (Å²) in [4.78, 5) is 0. The molecule has 84 valence electrons. The molecule has 0 spiro atoms. The number of benzene rings is 1. The van der Waals surface area contributed by atoms with E-state index < -0.39 is 0 Å². The number of aryl methyl sites for hydroxylation is 2. The number of hydrogen-bond donors (Lipinski definition) is 1. The second-order valence-electron chi connectivity index (χ2n) is 4.26. The maximum absolute atomic E-state index is 6.12. The minimum Gasteiger partial charge on any atom is -0.467 e. The van der Waals surface area contributed by atoms with E-state index >= 15 is 0 Å². The van der Waals surface area contributed by atoms with Gasteiger partial charge in [-0.2, -0.15) is 0 Å². The Bertz CT molecular complexity index is 456. The molecule has 2 aromatic rings. The Morgan fingerprint density at radius 3 is 2.38 bits per heavy atom. The quantitative estimate of drug-likeness (QED) is 0.854. The second kappa shape index (κ2) is 4.54. The molecule has 0 saturated heterocycles. The third-order valence-corrected chi connectivity index (χ3v) is 2.81. The molecule has 0 saturated carbocycles. The van der Waals surface area contributed by atoms with Gasteiger partial charge >= 0.3 is 0 Å². The molecule has 0 aliphatic carbocycles. The molecule has 1 aromatic heterocycles. The van der Waals surface area contributed by atoms with Gasteiger partial charge in [0.15, 0.2) is 0 Å². The van der Waals surface area contributed by atoms with Crippen LogP contribution in [-0.2, 0) is 6.42 Å². The van der Waals surface area contributed by atoms with E-state index in [4.69, 9.17) is 10.2 Å². The highest BCUT2D eigenvalue weighted by molar-refractivity contribution is 5.25. The highest BCUT2D eigenvalue weighted by Gasteiger charge is 2.12. The van der Waals surface area contributed by atoms with Crippen LogP contribution in [0, 0.1) is 13.8 Å². The van der Waals surface area contributed by atoms with Gasteiger partial charge in [-0.1, -0.05) is 29.8 Å². The van der Waals surface area contributed by atoms with Crippen molar-refractivity contribution in [3.05, 3.63) is 59.0 Å². The summed E-state index contributed by atoms with van der Waals surface area (Å²) < 4.78 is 5.40. The van der Waals surface area contributed by atoms with E-state index in [0.29, 0.717) is 0 Å². The SMILES string of the molecule is Cc1ccc(CC(N)c2occc2C)cc1. The maximum Gasteiger partial charge on any atom is 0.123 e. The van der Waals surface area contributed by atoms with Gasteiger partial charge in [-0.05, 0) is 37.5 Å². The molecule has 1 unspecified atom stereocenters. The molecule has 0 aliphatic heterocycles. The first-order valence-electron chi connectivity index (χ1n) is 5.52. The van der Waals surface area contributed by atoms with Crippen molar-refractivity contribution in [3.8, 4) is 0 Å². The monoisotopic (exact) mass is 215 g/mol. The molecule has 0 radical (unpaired) electrons. The summed E-state index contributed by atoms with van der Waals surface area (Å²) in [6.45, 7) is 4.11. The summed E-state index contributed by atoms with van der Waals surface area (Å²) >= 11 is 0. The van der Waals surface area contributed by atoms with Gasteiger partial charge in [0.05, 0.1) is 12.3 Å². The lowest BCUT2D eigenvalue weighted by molar-refractivity contribution is 0.461. The zero-order valence-corrected chi connectivity index (χ0v) is 9.73. The van der Waals surface area contributed by atoms with E-state index in [1.165, 1.54) is 11.1 Å². The molecule has 2 nitrogen and oxygen atoms in total. The average molecular weight is 215 g/mol. The van der Waals surface area contributed by atoms with Crippen LogP contribution in [0.1, 0.15) is 28.5 Å². The van der Waals surface area contributed by atoms with Crippen LogP contribution >= 0.6 is 0 Å². The van der Waals surface area contributed by atoms with Crippen LogP contribution in [-0.4, -0.2) is 0 Å². The zero-order chi connectivity index (χ0) is 11.5. The van der Waals surface area contributed by atoms with Crippen molar-refractivity contribution in [2.24, 2.45) is 5.73 Å². The van der Waals surface area contributed by atoms with E-state index in [9.17, 15) is 0 Å². The summed E-state index contributed by atoms with van der Waals surface area (Å²) in [5, 5.41) is 0. The van der Waals surface area contributed by atoms with Crippen LogP contribution in [0.3, 0.4) is 0 Å². The van der Waals surface area contributed by atoms with Gasteiger partial charge < -0.3 is 10.2 Å². The van der Waals surface area contributed by atoms with Crippen molar-refractivity contribution >= 4 is 0 Å². The molecule has 0 amide bonds. The lowest BCUT2D eigenvalue weighted by atomic mass is 10.0. The number of furan rings is 1. The van der Waals surface area contributed by atoms with E-state index in [0.717, 1.165) is 17.7 Å². The fourth-order valence-corrected chi connectivity index (χ4v) is 1.84. The Hall–Kier alpha value is -1.54. The molecular weight excluding hydrogens is 198 g/mol. The van der Waals surface area contributed by atoms with E-state index in [1.807, 2.05) is 13.0 Å². The number of nitrogens with two attached hydrogens (primary N) is 1. The fraction of sp³-hybridized carbons (Fsp3) is 0.286. The number of rotatable bonds is 3. The Labute approximate surface area is 96.1 Å². The summed E-state index contributed by atoms with van der Waals surface area (Å²) in [7, 11) is 0. The Morgan fingerprint density at radius 2 is 1.81 bits per heavy atom. The predicted molar refractivity (Wildman–Crippen MR) is 65.3 cm³/mol. The summed E-state index contributed by atoms with van der Waals surface area (Å²) in [5.74, 6) is 0.889. The van der Waals surface area contributed by atoms with Crippen LogP contribution in [0.2, 0.25) is 0 Å². The van der Waals surface area contributed by atoms with Gasteiger partial charge in [0.1, 0.15) is 5.76 Å². The number of hydrogen-bond acceptors (Lipinski definition) is 2. The van der Waals surface area contributed by atoms with Gasteiger partial charge in [-0.25, -0.2) is 0 Å². The Balaban J connectivity index is 2.10. The van der Waals surface area contributed by atoms with E-state index in [-0.39, 0.29) is 6.04 Å². The minimum absolute atomic E-state index is 0.0577. The highest BCUT2D eigenvalue weighted by Crippen LogP contribution is 2.20. The molecular formula is C14H17NO. The molecule has 2 rings (SSSR count). The lowest BCUT2D eigenvalue weighted by Gasteiger charge is -2.10. The van der Waals surface area contributed by atoms with Crippen molar-refractivity contribution in [1.82, 2.24) is 0 Å². The lowest BCUT2D eigenvalue weighted by Crippen LogP contribution is -2.13. The van der Waals surface area contributed by atoms with Gasteiger partial charge in [0.25, 0.3) is 0 Å². The predicted octanol–water partition coefficient (Wildman–Crippen LogP) is 3.14. The van der Waals surface area contributed by atoms with Crippen molar-refractivity contribution < 1.29 is 4.42 Å². The zero-order valence-electron chi connectivity index (χ0n) is 9.73. The maximum atomic E-state index is 6.12. The topological polar surface area (TPSA) is 39.2 Å². The largest absolute Gasteiger partial charge is 0.467 e.